The Bertz CT molecular complexity index is 512. The number of nitrogens with one attached hydrogen (secondary N) is 2. The van der Waals surface area contributed by atoms with Crippen molar-refractivity contribution in [2.45, 2.75) is 25.5 Å². The predicted octanol–water partition coefficient (Wildman–Crippen LogP) is 2.71. The zero-order chi connectivity index (χ0) is 15.6. The van der Waals surface area contributed by atoms with Crippen LogP contribution in [-0.4, -0.2) is 39.3 Å². The lowest BCUT2D eigenvalue weighted by Gasteiger charge is -2.16. The van der Waals surface area contributed by atoms with Crippen LogP contribution in [0.2, 0.25) is 0 Å². The topological polar surface area (TPSA) is 54.9 Å². The largest absolute Gasteiger partial charge is 0.497 e. The standard InChI is InChI=1S/C17H25N3O2.HI/c1-18-17(20-15-7-3-4-8-15)19-10-11-22-13-14-6-5-9-16(12-14)21-2;/h3-6,9,12,15H,7-8,10-11,13H2,1-2H3,(H2,18,19,20);1H. The fourth-order valence-corrected chi connectivity index (χ4v) is 2.32. The molecule has 2 rings (SSSR count). The number of methoxy groups -OCH3 is 1. The molecule has 1 aliphatic carbocycles. The van der Waals surface area contributed by atoms with Crippen LogP contribution in [0.3, 0.4) is 0 Å². The lowest BCUT2D eigenvalue weighted by molar-refractivity contribution is 0.125. The van der Waals surface area contributed by atoms with Crippen LogP contribution in [0.1, 0.15) is 18.4 Å². The molecule has 0 saturated heterocycles. The highest BCUT2D eigenvalue weighted by Crippen LogP contribution is 2.13. The van der Waals surface area contributed by atoms with Crippen LogP contribution in [0.15, 0.2) is 41.4 Å². The number of rotatable bonds is 7. The van der Waals surface area contributed by atoms with Crippen molar-refractivity contribution < 1.29 is 9.47 Å². The van der Waals surface area contributed by atoms with E-state index in [-0.39, 0.29) is 24.0 Å². The van der Waals surface area contributed by atoms with Gasteiger partial charge in [0.1, 0.15) is 5.75 Å². The minimum absolute atomic E-state index is 0. The molecular formula is C17H26IN3O2. The first-order valence-electron chi connectivity index (χ1n) is 7.64. The van der Waals surface area contributed by atoms with E-state index in [4.69, 9.17) is 9.47 Å². The van der Waals surface area contributed by atoms with E-state index in [0.29, 0.717) is 19.3 Å². The van der Waals surface area contributed by atoms with Crippen molar-refractivity contribution in [2.24, 2.45) is 4.99 Å². The number of guanidine groups is 1. The van der Waals surface area contributed by atoms with Crippen molar-refractivity contribution in [1.29, 1.82) is 0 Å². The fourth-order valence-electron chi connectivity index (χ4n) is 2.32. The summed E-state index contributed by atoms with van der Waals surface area (Å²) in [5.74, 6) is 1.69. The number of hydrogen-bond donors (Lipinski definition) is 2. The van der Waals surface area contributed by atoms with Gasteiger partial charge in [-0.05, 0) is 30.5 Å². The molecule has 0 bridgehead atoms. The predicted molar refractivity (Wildman–Crippen MR) is 105 cm³/mol. The van der Waals surface area contributed by atoms with Gasteiger partial charge in [-0.25, -0.2) is 0 Å². The van der Waals surface area contributed by atoms with Gasteiger partial charge in [0.15, 0.2) is 5.96 Å². The third-order valence-corrected chi connectivity index (χ3v) is 3.51. The van der Waals surface area contributed by atoms with Crippen molar-refractivity contribution in [3.63, 3.8) is 0 Å². The zero-order valence-electron chi connectivity index (χ0n) is 13.7. The molecule has 1 aromatic rings. The van der Waals surface area contributed by atoms with E-state index in [9.17, 15) is 0 Å². The Balaban J connectivity index is 0.00000264. The molecule has 0 unspecified atom stereocenters. The highest BCUT2D eigenvalue weighted by atomic mass is 127. The van der Waals surface area contributed by atoms with Crippen molar-refractivity contribution in [2.75, 3.05) is 27.3 Å². The van der Waals surface area contributed by atoms with E-state index < -0.39 is 0 Å². The Morgan fingerprint density at radius 1 is 1.30 bits per heavy atom. The molecule has 1 aliphatic rings. The summed E-state index contributed by atoms with van der Waals surface area (Å²) in [6.45, 7) is 1.93. The Morgan fingerprint density at radius 2 is 2.09 bits per heavy atom. The number of halogens is 1. The maximum absolute atomic E-state index is 5.67. The van der Waals surface area contributed by atoms with Gasteiger partial charge in [0, 0.05) is 19.6 Å². The molecule has 6 heteroatoms. The molecule has 0 aliphatic heterocycles. The smallest absolute Gasteiger partial charge is 0.191 e. The third-order valence-electron chi connectivity index (χ3n) is 3.51. The first-order chi connectivity index (χ1) is 10.8. The van der Waals surface area contributed by atoms with Gasteiger partial charge in [0.2, 0.25) is 0 Å². The number of ether oxygens (including phenoxy) is 2. The van der Waals surface area contributed by atoms with E-state index in [1.54, 1.807) is 14.2 Å². The Labute approximate surface area is 155 Å². The van der Waals surface area contributed by atoms with Gasteiger partial charge in [-0.2, -0.15) is 0 Å². The quantitative estimate of drug-likeness (QED) is 0.229. The number of aliphatic imine (C=N–C) groups is 1. The van der Waals surface area contributed by atoms with Crippen LogP contribution in [0, 0.1) is 0 Å². The van der Waals surface area contributed by atoms with Crippen LogP contribution >= 0.6 is 24.0 Å². The molecule has 23 heavy (non-hydrogen) atoms. The number of benzene rings is 1. The van der Waals surface area contributed by atoms with Crippen molar-refractivity contribution >= 4 is 29.9 Å². The summed E-state index contributed by atoms with van der Waals surface area (Å²) in [6.07, 6.45) is 6.52. The molecule has 5 nitrogen and oxygen atoms in total. The lowest BCUT2D eigenvalue weighted by Crippen LogP contribution is -2.43. The van der Waals surface area contributed by atoms with Gasteiger partial charge in [-0.3, -0.25) is 4.99 Å². The molecule has 0 atom stereocenters. The second-order valence-corrected chi connectivity index (χ2v) is 5.19. The van der Waals surface area contributed by atoms with Gasteiger partial charge < -0.3 is 20.1 Å². The second-order valence-electron chi connectivity index (χ2n) is 5.19. The minimum atomic E-state index is 0. The summed E-state index contributed by atoms with van der Waals surface area (Å²) in [4.78, 5) is 4.22. The van der Waals surface area contributed by atoms with Crippen molar-refractivity contribution in [3.8, 4) is 5.75 Å². The minimum Gasteiger partial charge on any atom is -0.497 e. The number of hydrogen-bond acceptors (Lipinski definition) is 3. The Morgan fingerprint density at radius 3 is 2.78 bits per heavy atom. The van der Waals surface area contributed by atoms with Gasteiger partial charge in [-0.1, -0.05) is 24.3 Å². The Hall–Kier alpha value is -1.28. The van der Waals surface area contributed by atoms with E-state index >= 15 is 0 Å². The summed E-state index contributed by atoms with van der Waals surface area (Å²) >= 11 is 0. The highest BCUT2D eigenvalue weighted by molar-refractivity contribution is 14.0. The molecule has 2 N–H and O–H groups in total. The summed E-state index contributed by atoms with van der Waals surface area (Å²) in [5, 5.41) is 6.66. The molecule has 0 heterocycles. The van der Waals surface area contributed by atoms with Crippen LogP contribution < -0.4 is 15.4 Å². The van der Waals surface area contributed by atoms with Crippen LogP contribution in [0.25, 0.3) is 0 Å². The molecule has 0 radical (unpaired) electrons. The molecule has 0 saturated carbocycles. The lowest BCUT2D eigenvalue weighted by atomic mass is 10.2. The average molecular weight is 431 g/mol. The average Bonchev–Trinajstić information content (AvgIpc) is 3.06. The van der Waals surface area contributed by atoms with Crippen LogP contribution in [0.4, 0.5) is 0 Å². The van der Waals surface area contributed by atoms with E-state index in [1.165, 1.54) is 0 Å². The van der Waals surface area contributed by atoms with Gasteiger partial charge >= 0.3 is 0 Å². The summed E-state index contributed by atoms with van der Waals surface area (Å²) in [7, 11) is 3.46. The number of nitrogens with zero attached hydrogens (tertiary/aromatic N) is 1. The molecule has 128 valence electrons. The Kier molecular flexibility index (Phi) is 9.70. The SMILES string of the molecule is CN=C(NCCOCc1cccc(OC)c1)NC1CC=CC1.I. The fraction of sp³-hybridized carbons (Fsp3) is 0.471. The van der Waals surface area contributed by atoms with Gasteiger partial charge in [0.25, 0.3) is 0 Å². The van der Waals surface area contributed by atoms with E-state index in [1.807, 2.05) is 24.3 Å². The molecular weight excluding hydrogens is 405 g/mol. The van der Waals surface area contributed by atoms with Gasteiger partial charge in [-0.15, -0.1) is 24.0 Å². The zero-order valence-corrected chi connectivity index (χ0v) is 16.1. The molecule has 0 spiro atoms. The highest BCUT2D eigenvalue weighted by Gasteiger charge is 2.11. The monoisotopic (exact) mass is 431 g/mol. The molecule has 0 aromatic heterocycles. The first kappa shape index (κ1) is 19.8. The second kappa shape index (κ2) is 11.3. The maximum Gasteiger partial charge on any atom is 0.191 e. The van der Waals surface area contributed by atoms with Crippen LogP contribution in [-0.2, 0) is 11.3 Å². The molecule has 0 fully saturated rings. The van der Waals surface area contributed by atoms with E-state index in [0.717, 1.165) is 36.7 Å². The summed E-state index contributed by atoms with van der Waals surface area (Å²) < 4.78 is 10.9. The van der Waals surface area contributed by atoms with Crippen LogP contribution in [0.5, 0.6) is 5.75 Å². The van der Waals surface area contributed by atoms with Gasteiger partial charge in [0.05, 0.1) is 20.3 Å². The third kappa shape index (κ3) is 7.22. The molecule has 0 amide bonds. The summed E-state index contributed by atoms with van der Waals surface area (Å²) in [6, 6.07) is 8.38. The van der Waals surface area contributed by atoms with Crippen molar-refractivity contribution in [3.05, 3.63) is 42.0 Å². The maximum atomic E-state index is 5.67. The van der Waals surface area contributed by atoms with E-state index in [2.05, 4.69) is 27.8 Å². The normalized spacial score (nSPS) is 14.4. The first-order valence-corrected chi connectivity index (χ1v) is 7.64. The molecule has 1 aromatic carbocycles. The summed E-state index contributed by atoms with van der Waals surface area (Å²) in [5.41, 5.74) is 1.11. The van der Waals surface area contributed by atoms with Crippen molar-refractivity contribution in [1.82, 2.24) is 10.6 Å².